The molecule has 1 aromatic heterocycles. The van der Waals surface area contributed by atoms with Crippen LogP contribution < -0.4 is 11.2 Å². The average Bonchev–Trinajstić information content (AvgIpc) is 2.44. The van der Waals surface area contributed by atoms with Gasteiger partial charge in [0.15, 0.2) is 0 Å². The zero-order chi connectivity index (χ0) is 17.2. The van der Waals surface area contributed by atoms with Gasteiger partial charge in [0.05, 0.1) is 11.3 Å². The first-order valence-corrected chi connectivity index (χ1v) is 8.96. The molecule has 0 aliphatic carbocycles. The van der Waals surface area contributed by atoms with Gasteiger partial charge in [0.25, 0.3) is 10.0 Å². The third-order valence-electron chi connectivity index (χ3n) is 3.16. The topological polar surface area (TPSA) is 105 Å². The summed E-state index contributed by atoms with van der Waals surface area (Å²) in [5, 5.41) is 0. The zero-order valence-electron chi connectivity index (χ0n) is 12.6. The molecule has 23 heavy (non-hydrogen) atoms. The predicted octanol–water partition coefficient (Wildman–Crippen LogP) is 1.71. The Morgan fingerprint density at radius 3 is 2.43 bits per heavy atom. The highest BCUT2D eigenvalue weighted by molar-refractivity contribution is 9.10. The Labute approximate surface area is 142 Å². The lowest BCUT2D eigenvalue weighted by Crippen LogP contribution is -2.24. The normalized spacial score (nSPS) is 12.4. The van der Waals surface area contributed by atoms with Gasteiger partial charge in [0, 0.05) is 15.7 Å². The number of hydrogen-bond acceptors (Lipinski definition) is 3. The molecule has 0 bridgehead atoms. The van der Waals surface area contributed by atoms with Crippen molar-refractivity contribution in [2.75, 3.05) is 0 Å². The summed E-state index contributed by atoms with van der Waals surface area (Å²) in [5.41, 5.74) is 7.36. The van der Waals surface area contributed by atoms with Crippen molar-refractivity contribution in [3.05, 3.63) is 57.1 Å². The van der Waals surface area contributed by atoms with Crippen molar-refractivity contribution in [3.63, 3.8) is 0 Å². The van der Waals surface area contributed by atoms with Gasteiger partial charge in [0.2, 0.25) is 5.91 Å². The predicted molar refractivity (Wildman–Crippen MR) is 90.1 cm³/mol. The molecule has 0 atom stereocenters. The van der Waals surface area contributed by atoms with Crippen LogP contribution in [0.1, 0.15) is 16.8 Å². The Morgan fingerprint density at radius 2 is 1.87 bits per heavy atom. The van der Waals surface area contributed by atoms with E-state index < -0.39 is 15.9 Å². The van der Waals surface area contributed by atoms with Gasteiger partial charge in [-0.1, -0.05) is 17.7 Å². The molecule has 0 saturated heterocycles. The van der Waals surface area contributed by atoms with E-state index in [9.17, 15) is 13.2 Å². The highest BCUT2D eigenvalue weighted by atomic mass is 79.9. The second-order valence-electron chi connectivity index (χ2n) is 5.14. The van der Waals surface area contributed by atoms with Crippen molar-refractivity contribution in [1.82, 2.24) is 4.98 Å². The van der Waals surface area contributed by atoms with Gasteiger partial charge < -0.3 is 10.7 Å². The summed E-state index contributed by atoms with van der Waals surface area (Å²) in [5.74, 6) is -0.571. The van der Waals surface area contributed by atoms with Gasteiger partial charge in [0.1, 0.15) is 5.49 Å². The Balaban J connectivity index is 2.63. The highest BCUT2D eigenvalue weighted by Crippen LogP contribution is 2.15. The first-order valence-electron chi connectivity index (χ1n) is 6.73. The number of pyridine rings is 1. The van der Waals surface area contributed by atoms with Crippen LogP contribution in [0, 0.1) is 13.8 Å². The van der Waals surface area contributed by atoms with Crippen LogP contribution in [-0.4, -0.2) is 19.3 Å². The second-order valence-corrected chi connectivity index (χ2v) is 7.60. The fourth-order valence-electron chi connectivity index (χ4n) is 1.93. The quantitative estimate of drug-likeness (QED) is 0.819. The molecule has 1 heterocycles. The molecule has 1 aromatic carbocycles. The monoisotopic (exact) mass is 397 g/mol. The lowest BCUT2D eigenvalue weighted by molar-refractivity contribution is -0.117. The highest BCUT2D eigenvalue weighted by Gasteiger charge is 2.14. The van der Waals surface area contributed by atoms with Gasteiger partial charge in [-0.3, -0.25) is 4.79 Å². The van der Waals surface area contributed by atoms with E-state index in [0.717, 1.165) is 5.56 Å². The molecule has 0 fully saturated rings. The van der Waals surface area contributed by atoms with Crippen LogP contribution in [-0.2, 0) is 21.2 Å². The van der Waals surface area contributed by atoms with Crippen LogP contribution in [0.2, 0.25) is 0 Å². The molecule has 1 amide bonds. The molecule has 8 heteroatoms. The number of halogens is 1. The number of aryl methyl sites for hydroxylation is 2. The summed E-state index contributed by atoms with van der Waals surface area (Å²) >= 11 is 3.33. The fraction of sp³-hybridized carbons (Fsp3) is 0.200. The number of hydrogen-bond donors (Lipinski definition) is 2. The van der Waals surface area contributed by atoms with E-state index >= 15 is 0 Å². The van der Waals surface area contributed by atoms with E-state index in [4.69, 9.17) is 5.73 Å². The molecule has 0 saturated carbocycles. The van der Waals surface area contributed by atoms with E-state index in [1.54, 1.807) is 25.1 Å². The van der Waals surface area contributed by atoms with Crippen molar-refractivity contribution in [2.24, 2.45) is 10.1 Å². The number of amides is 1. The fourth-order valence-corrected chi connectivity index (χ4v) is 3.30. The summed E-state index contributed by atoms with van der Waals surface area (Å²) in [6.07, 6.45) is -0.113. The van der Waals surface area contributed by atoms with E-state index in [2.05, 4.69) is 25.3 Å². The maximum Gasteiger partial charge on any atom is 0.284 e. The average molecular weight is 398 g/mol. The van der Waals surface area contributed by atoms with Gasteiger partial charge in [-0.05, 0) is 48.0 Å². The van der Waals surface area contributed by atoms with Crippen LogP contribution in [0.5, 0.6) is 0 Å². The van der Waals surface area contributed by atoms with Crippen molar-refractivity contribution < 1.29 is 13.2 Å². The summed E-state index contributed by atoms with van der Waals surface area (Å²) in [7, 11) is -3.89. The number of nitrogens with zero attached hydrogens (tertiary/aromatic N) is 1. The second kappa shape index (κ2) is 6.67. The van der Waals surface area contributed by atoms with Crippen LogP contribution in [0.3, 0.4) is 0 Å². The molecule has 0 aliphatic rings. The number of nitrogens with two attached hydrogens (primary N) is 1. The van der Waals surface area contributed by atoms with Crippen LogP contribution in [0.25, 0.3) is 0 Å². The van der Waals surface area contributed by atoms with Crippen molar-refractivity contribution >= 4 is 31.9 Å². The number of H-pyrrole nitrogens is 1. The molecule has 3 N–H and O–H groups in total. The molecule has 122 valence electrons. The molecule has 2 rings (SSSR count). The van der Waals surface area contributed by atoms with Crippen molar-refractivity contribution in [1.29, 1.82) is 0 Å². The number of primary amides is 1. The maximum atomic E-state index is 12.4. The summed E-state index contributed by atoms with van der Waals surface area (Å²) in [6.45, 7) is 3.63. The smallest absolute Gasteiger partial charge is 0.284 e. The Morgan fingerprint density at radius 1 is 1.26 bits per heavy atom. The molecular weight excluding hydrogens is 382 g/mol. The maximum absolute atomic E-state index is 12.4. The van der Waals surface area contributed by atoms with Gasteiger partial charge in [-0.2, -0.15) is 8.42 Å². The Kier molecular flexibility index (Phi) is 5.06. The number of carbonyl (C=O) groups excluding carboxylic acids is 1. The van der Waals surface area contributed by atoms with Crippen molar-refractivity contribution in [3.8, 4) is 0 Å². The molecular formula is C15H16BrN3O3S. The molecule has 0 radical (unpaired) electrons. The van der Waals surface area contributed by atoms with E-state index in [0.29, 0.717) is 15.7 Å². The third kappa shape index (κ3) is 4.29. The number of carbonyl (C=O) groups is 1. The molecule has 6 nitrogen and oxygen atoms in total. The van der Waals surface area contributed by atoms with E-state index in [1.807, 2.05) is 6.92 Å². The lowest BCUT2D eigenvalue weighted by atomic mass is 10.2. The zero-order valence-corrected chi connectivity index (χ0v) is 15.0. The molecule has 0 spiro atoms. The first-order chi connectivity index (χ1) is 10.7. The standard InChI is InChI=1S/C15H16BrN3O3S/c1-9-3-5-12(6-4-9)23(21,22)19-15-11(8-14(17)20)7-13(16)10(2)18-15/h3-7H,8H2,1-2H3,(H2,17,20)(H,18,19). The minimum Gasteiger partial charge on any atom is -0.369 e. The number of aromatic amines is 1. The SMILES string of the molecule is Cc1ccc(S(=O)(=O)/N=c2\[nH]c(C)c(Br)cc2CC(N)=O)cc1. The van der Waals surface area contributed by atoms with Gasteiger partial charge >= 0.3 is 0 Å². The van der Waals surface area contributed by atoms with E-state index in [-0.39, 0.29) is 16.8 Å². The Hall–Kier alpha value is -1.93. The molecule has 0 unspecified atom stereocenters. The largest absolute Gasteiger partial charge is 0.369 e. The lowest BCUT2D eigenvalue weighted by Gasteiger charge is -2.05. The summed E-state index contributed by atoms with van der Waals surface area (Å²) in [4.78, 5) is 14.2. The minimum atomic E-state index is -3.89. The summed E-state index contributed by atoms with van der Waals surface area (Å²) in [6, 6.07) is 8.02. The van der Waals surface area contributed by atoms with Crippen LogP contribution in [0.4, 0.5) is 0 Å². The van der Waals surface area contributed by atoms with E-state index in [1.165, 1.54) is 12.1 Å². The number of benzene rings is 1. The molecule has 2 aromatic rings. The van der Waals surface area contributed by atoms with Crippen molar-refractivity contribution in [2.45, 2.75) is 25.2 Å². The van der Waals surface area contributed by atoms with Crippen LogP contribution in [0.15, 0.2) is 44.1 Å². The number of aromatic nitrogens is 1. The summed E-state index contributed by atoms with van der Waals surface area (Å²) < 4.78 is 29.4. The van der Waals surface area contributed by atoms with Gasteiger partial charge in [-0.15, -0.1) is 4.40 Å². The van der Waals surface area contributed by atoms with Crippen LogP contribution >= 0.6 is 15.9 Å². The minimum absolute atomic E-state index is 0.0853. The number of sulfonamides is 1. The van der Waals surface area contributed by atoms with Gasteiger partial charge in [-0.25, -0.2) is 0 Å². The Bertz CT molecular complexity index is 916. The molecule has 0 aliphatic heterocycles. The number of rotatable bonds is 4. The third-order valence-corrected chi connectivity index (χ3v) is 5.28. The first kappa shape index (κ1) is 17.4. The number of nitrogens with one attached hydrogen (secondary N) is 1.